The van der Waals surface area contributed by atoms with Crippen LogP contribution in [0.4, 0.5) is 26.3 Å². The third-order valence-corrected chi connectivity index (χ3v) is 8.94. The van der Waals surface area contributed by atoms with Gasteiger partial charge in [-0.2, -0.15) is 26.3 Å². The number of alkyl halides is 6. The fourth-order valence-corrected chi connectivity index (χ4v) is 6.80. The number of fused-ring (bicyclic) bond motifs is 4. The number of nitrogens with one attached hydrogen (secondary N) is 1. The van der Waals surface area contributed by atoms with Crippen molar-refractivity contribution in [1.29, 1.82) is 0 Å². The van der Waals surface area contributed by atoms with Gasteiger partial charge in [0.25, 0.3) is 0 Å². The number of aliphatic carboxylic acids is 1. The number of halogens is 6. The second-order valence-corrected chi connectivity index (χ2v) is 11.2. The molecule has 4 fully saturated rings. The first kappa shape index (κ1) is 27.1. The van der Waals surface area contributed by atoms with Gasteiger partial charge in [-0.3, -0.25) is 4.79 Å². The van der Waals surface area contributed by atoms with E-state index >= 15 is 0 Å². The summed E-state index contributed by atoms with van der Waals surface area (Å²) in [7, 11) is 0. The number of benzene rings is 2. The van der Waals surface area contributed by atoms with E-state index in [1.165, 1.54) is 18.2 Å². The first-order chi connectivity index (χ1) is 17.9. The smallest absolute Gasteiger partial charge is 0.420 e. The lowest BCUT2D eigenvalue weighted by Gasteiger charge is -2.51. The Morgan fingerprint density at radius 2 is 1.66 bits per heavy atom. The topological polar surface area (TPSA) is 58.6 Å². The molecule has 4 saturated carbocycles. The van der Waals surface area contributed by atoms with E-state index in [1.54, 1.807) is 12.1 Å². The first-order valence-electron chi connectivity index (χ1n) is 13.2. The number of hydrogen-bond donors (Lipinski definition) is 2. The normalized spacial score (nSPS) is 29.9. The summed E-state index contributed by atoms with van der Waals surface area (Å²) in [6.45, 7) is 0.340. The molecule has 0 heterocycles. The van der Waals surface area contributed by atoms with Crippen LogP contribution in [0, 0.1) is 17.8 Å². The number of carboxylic acids is 1. The predicted octanol–water partition coefficient (Wildman–Crippen LogP) is 7.48. The molecule has 208 valence electrons. The molecule has 1 atom stereocenters. The summed E-state index contributed by atoms with van der Waals surface area (Å²) in [6.07, 6.45) is -5.82. The largest absolute Gasteiger partial charge is 0.490 e. The quantitative estimate of drug-likeness (QED) is 0.371. The van der Waals surface area contributed by atoms with Crippen molar-refractivity contribution in [2.45, 2.75) is 88.3 Å². The van der Waals surface area contributed by atoms with Crippen LogP contribution >= 0.6 is 0 Å². The number of hydrogen-bond acceptors (Lipinski definition) is 3. The van der Waals surface area contributed by atoms with E-state index < -0.39 is 47.4 Å². The zero-order valence-corrected chi connectivity index (χ0v) is 20.8. The molecule has 0 amide bonds. The zero-order chi connectivity index (χ0) is 27.3. The molecule has 10 heteroatoms. The standard InChI is InChI=1S/C28H31F6NO3/c29-27(30,31)19-3-5-20(6-4-19)38-23-8-2-18-13-17(1-7-21(18)24(23)28(32,33)34)15-35-26-11-9-16(10-12-26)14-22(26)25(36)37/h1-2,7-8,13,16,19-20,22,35H,3-6,9-12,14-15H2,(H,36,37). The van der Waals surface area contributed by atoms with E-state index in [4.69, 9.17) is 4.74 Å². The first-order valence-corrected chi connectivity index (χ1v) is 13.2. The Morgan fingerprint density at radius 1 is 0.974 bits per heavy atom. The molecule has 0 aliphatic heterocycles. The molecule has 6 rings (SSSR count). The van der Waals surface area contributed by atoms with Gasteiger partial charge in [0.05, 0.1) is 17.9 Å². The van der Waals surface area contributed by atoms with Gasteiger partial charge in [-0.15, -0.1) is 0 Å². The summed E-state index contributed by atoms with van der Waals surface area (Å²) in [4.78, 5) is 11.9. The molecule has 0 saturated heterocycles. The lowest BCUT2D eigenvalue weighted by molar-refractivity contribution is -0.185. The van der Waals surface area contributed by atoms with Gasteiger partial charge in [0.1, 0.15) is 11.3 Å². The highest BCUT2D eigenvalue weighted by Gasteiger charge is 2.50. The third kappa shape index (κ3) is 5.33. The molecule has 2 aromatic carbocycles. The Balaban J connectivity index is 1.35. The maximum atomic E-state index is 14.2. The average Bonchev–Trinajstić information content (AvgIpc) is 2.87. The van der Waals surface area contributed by atoms with E-state index in [2.05, 4.69) is 5.32 Å². The molecule has 4 nitrogen and oxygen atoms in total. The molecular formula is C28H31F6NO3. The molecule has 4 aliphatic carbocycles. The van der Waals surface area contributed by atoms with Gasteiger partial charge in [0.2, 0.25) is 0 Å². The van der Waals surface area contributed by atoms with Crippen molar-refractivity contribution in [3.8, 4) is 5.75 Å². The zero-order valence-electron chi connectivity index (χ0n) is 20.8. The highest BCUT2D eigenvalue weighted by atomic mass is 19.4. The summed E-state index contributed by atoms with van der Waals surface area (Å²) in [6, 6.07) is 7.45. The number of carboxylic acid groups (broad SMARTS) is 1. The minimum atomic E-state index is -4.72. The lowest BCUT2D eigenvalue weighted by atomic mass is 9.59. The Labute approximate surface area is 216 Å². The molecule has 2 bridgehead atoms. The van der Waals surface area contributed by atoms with Gasteiger partial charge in [-0.05, 0) is 92.2 Å². The van der Waals surface area contributed by atoms with Crippen LogP contribution in [0.5, 0.6) is 5.75 Å². The number of ether oxygens (including phenoxy) is 1. The van der Waals surface area contributed by atoms with E-state index in [0.29, 0.717) is 24.3 Å². The molecular weight excluding hydrogens is 512 g/mol. The Bertz CT molecular complexity index is 1180. The van der Waals surface area contributed by atoms with Crippen LogP contribution in [-0.4, -0.2) is 28.9 Å². The molecule has 0 aromatic heterocycles. The summed E-state index contributed by atoms with van der Waals surface area (Å²) in [5.74, 6) is -2.65. The van der Waals surface area contributed by atoms with Gasteiger partial charge in [0, 0.05) is 12.1 Å². The Morgan fingerprint density at radius 3 is 2.26 bits per heavy atom. The summed E-state index contributed by atoms with van der Waals surface area (Å²) in [5.41, 5.74) is -0.686. The van der Waals surface area contributed by atoms with Crippen molar-refractivity contribution in [3.05, 3.63) is 41.5 Å². The van der Waals surface area contributed by atoms with Crippen molar-refractivity contribution in [3.63, 3.8) is 0 Å². The number of carbonyl (C=O) groups is 1. The SMILES string of the molecule is O=C(O)C1CC2CCC1(NCc1ccc3c(C(F)(F)F)c(OC4CCC(C(F)(F)F)CC4)ccc3c1)CC2. The third-order valence-electron chi connectivity index (χ3n) is 8.94. The van der Waals surface area contributed by atoms with Gasteiger partial charge in [-0.25, -0.2) is 0 Å². The van der Waals surface area contributed by atoms with E-state index in [9.17, 15) is 36.2 Å². The molecule has 0 spiro atoms. The van der Waals surface area contributed by atoms with E-state index in [-0.39, 0.29) is 36.8 Å². The maximum Gasteiger partial charge on any atom is 0.420 e. The van der Waals surface area contributed by atoms with Crippen LogP contribution in [-0.2, 0) is 17.5 Å². The van der Waals surface area contributed by atoms with Crippen molar-refractivity contribution >= 4 is 16.7 Å². The van der Waals surface area contributed by atoms with E-state index in [1.807, 2.05) is 0 Å². The molecule has 2 N–H and O–H groups in total. The minimum absolute atomic E-state index is 0.0394. The van der Waals surface area contributed by atoms with Gasteiger partial charge >= 0.3 is 18.3 Å². The van der Waals surface area contributed by atoms with Crippen LogP contribution in [0.15, 0.2) is 30.3 Å². The van der Waals surface area contributed by atoms with Crippen LogP contribution in [0.3, 0.4) is 0 Å². The Kier molecular flexibility index (Phi) is 7.07. The van der Waals surface area contributed by atoms with Crippen LogP contribution in [0.1, 0.15) is 68.9 Å². The average molecular weight is 544 g/mol. The van der Waals surface area contributed by atoms with Crippen molar-refractivity contribution in [1.82, 2.24) is 5.32 Å². The second-order valence-electron chi connectivity index (χ2n) is 11.2. The van der Waals surface area contributed by atoms with Crippen LogP contribution < -0.4 is 10.1 Å². The number of rotatable bonds is 6. The summed E-state index contributed by atoms with van der Waals surface area (Å²) < 4.78 is 87.0. The van der Waals surface area contributed by atoms with Crippen LogP contribution in [0.25, 0.3) is 10.8 Å². The van der Waals surface area contributed by atoms with Crippen molar-refractivity contribution in [2.24, 2.45) is 17.8 Å². The van der Waals surface area contributed by atoms with Gasteiger partial charge < -0.3 is 15.2 Å². The summed E-state index contributed by atoms with van der Waals surface area (Å²) in [5, 5.41) is 13.5. The maximum absolute atomic E-state index is 14.2. The van der Waals surface area contributed by atoms with E-state index in [0.717, 1.165) is 31.2 Å². The monoisotopic (exact) mass is 543 g/mol. The lowest BCUT2D eigenvalue weighted by Crippen LogP contribution is -2.59. The molecule has 1 unspecified atom stereocenters. The molecule has 38 heavy (non-hydrogen) atoms. The van der Waals surface area contributed by atoms with Crippen molar-refractivity contribution < 1.29 is 41.0 Å². The van der Waals surface area contributed by atoms with Gasteiger partial charge in [-0.1, -0.05) is 18.2 Å². The molecule has 0 radical (unpaired) electrons. The minimum Gasteiger partial charge on any atom is -0.490 e. The highest BCUT2D eigenvalue weighted by Crippen LogP contribution is 2.48. The predicted molar refractivity (Wildman–Crippen MR) is 129 cm³/mol. The Hall–Kier alpha value is -2.49. The summed E-state index contributed by atoms with van der Waals surface area (Å²) >= 11 is 0. The second kappa shape index (κ2) is 9.92. The highest BCUT2D eigenvalue weighted by molar-refractivity contribution is 5.89. The van der Waals surface area contributed by atoms with Gasteiger partial charge in [0.15, 0.2) is 0 Å². The fourth-order valence-electron chi connectivity index (χ4n) is 6.80. The van der Waals surface area contributed by atoms with Crippen LogP contribution in [0.2, 0.25) is 0 Å². The molecule has 4 aliphatic rings. The molecule has 2 aromatic rings. The van der Waals surface area contributed by atoms with Crippen molar-refractivity contribution in [2.75, 3.05) is 0 Å². The fraction of sp³-hybridized carbons (Fsp3) is 0.607.